The maximum absolute atomic E-state index is 12.4. The molecule has 0 unspecified atom stereocenters. The Kier molecular flexibility index (Phi) is 6.24. The second-order valence-corrected chi connectivity index (χ2v) is 6.99. The number of piperidine rings is 1. The zero-order valence-corrected chi connectivity index (χ0v) is 14.6. The van der Waals surface area contributed by atoms with Gasteiger partial charge in [-0.1, -0.05) is 30.3 Å². The largest absolute Gasteiger partial charge is 0.366 e. The van der Waals surface area contributed by atoms with Gasteiger partial charge < -0.3 is 15.0 Å². The fourth-order valence-corrected chi connectivity index (χ4v) is 3.62. The Bertz CT molecular complexity index is 509. The lowest BCUT2D eigenvalue weighted by atomic mass is 9.95. The summed E-state index contributed by atoms with van der Waals surface area (Å²) >= 11 is 0. The summed E-state index contributed by atoms with van der Waals surface area (Å²) in [5.41, 5.74) is 1.38. The van der Waals surface area contributed by atoms with E-state index in [1.165, 1.54) is 5.56 Å². The molecule has 1 amide bonds. The molecule has 2 heterocycles. The minimum atomic E-state index is -0.304. The van der Waals surface area contributed by atoms with Crippen molar-refractivity contribution in [3.8, 4) is 0 Å². The molecule has 0 aliphatic carbocycles. The molecular formula is C19H29N3O2. The summed E-state index contributed by atoms with van der Waals surface area (Å²) in [4.78, 5) is 16.8. The number of rotatable bonds is 5. The summed E-state index contributed by atoms with van der Waals surface area (Å²) in [7, 11) is 1.91. The normalized spacial score (nSPS) is 23.1. The highest BCUT2D eigenvalue weighted by molar-refractivity contribution is 5.81. The summed E-state index contributed by atoms with van der Waals surface area (Å²) in [5.74, 6) is 0.719. The van der Waals surface area contributed by atoms with Crippen molar-refractivity contribution in [2.24, 2.45) is 5.92 Å². The van der Waals surface area contributed by atoms with E-state index >= 15 is 0 Å². The first-order valence-electron chi connectivity index (χ1n) is 9.06. The number of likely N-dealkylation sites (N-methyl/N-ethyl adjacent to an activating group) is 1. The van der Waals surface area contributed by atoms with E-state index in [0.29, 0.717) is 19.1 Å². The molecule has 132 valence electrons. The fraction of sp³-hybridized carbons (Fsp3) is 0.632. The maximum Gasteiger partial charge on any atom is 0.252 e. The maximum atomic E-state index is 12.4. The molecule has 0 aromatic heterocycles. The van der Waals surface area contributed by atoms with Gasteiger partial charge in [0.1, 0.15) is 6.10 Å². The van der Waals surface area contributed by atoms with Gasteiger partial charge in [0.05, 0.1) is 6.61 Å². The highest BCUT2D eigenvalue weighted by Gasteiger charge is 2.27. The van der Waals surface area contributed by atoms with Crippen LogP contribution in [0.3, 0.4) is 0 Å². The van der Waals surface area contributed by atoms with Gasteiger partial charge in [-0.2, -0.15) is 0 Å². The average molecular weight is 331 g/mol. The molecule has 1 aromatic carbocycles. The summed E-state index contributed by atoms with van der Waals surface area (Å²) in [6.45, 7) is 6.21. The van der Waals surface area contributed by atoms with Crippen LogP contribution in [0.4, 0.5) is 0 Å². The van der Waals surface area contributed by atoms with Crippen LogP contribution < -0.4 is 5.32 Å². The van der Waals surface area contributed by atoms with E-state index < -0.39 is 0 Å². The topological polar surface area (TPSA) is 44.8 Å². The number of likely N-dealkylation sites (tertiary alicyclic amines) is 1. The Labute approximate surface area is 145 Å². The lowest BCUT2D eigenvalue weighted by Gasteiger charge is -2.35. The number of amides is 1. The molecule has 3 rings (SSSR count). The van der Waals surface area contributed by atoms with E-state index in [9.17, 15) is 4.79 Å². The van der Waals surface area contributed by atoms with Crippen LogP contribution in [0.15, 0.2) is 30.3 Å². The predicted octanol–water partition coefficient (Wildman–Crippen LogP) is 1.35. The van der Waals surface area contributed by atoms with Gasteiger partial charge in [-0.25, -0.2) is 0 Å². The molecule has 24 heavy (non-hydrogen) atoms. The van der Waals surface area contributed by atoms with Crippen molar-refractivity contribution < 1.29 is 9.53 Å². The van der Waals surface area contributed by atoms with Crippen LogP contribution in [0.1, 0.15) is 18.4 Å². The minimum Gasteiger partial charge on any atom is -0.366 e. The van der Waals surface area contributed by atoms with E-state index in [2.05, 4.69) is 40.5 Å². The number of carbonyl (C=O) groups is 1. The molecule has 1 atom stereocenters. The lowest BCUT2D eigenvalue weighted by molar-refractivity contribution is -0.144. The van der Waals surface area contributed by atoms with Crippen LogP contribution in [0.5, 0.6) is 0 Å². The van der Waals surface area contributed by atoms with Gasteiger partial charge >= 0.3 is 0 Å². The molecule has 1 aromatic rings. The number of carbonyl (C=O) groups excluding carboxylic acids is 1. The number of nitrogens with zero attached hydrogens (tertiary/aromatic N) is 2. The van der Waals surface area contributed by atoms with Crippen molar-refractivity contribution in [1.82, 2.24) is 15.1 Å². The van der Waals surface area contributed by atoms with Crippen LogP contribution in [0.2, 0.25) is 0 Å². The van der Waals surface area contributed by atoms with E-state index in [1.54, 1.807) is 0 Å². The summed E-state index contributed by atoms with van der Waals surface area (Å²) < 4.78 is 5.57. The van der Waals surface area contributed by atoms with Crippen molar-refractivity contribution in [2.75, 3.05) is 46.4 Å². The third-order valence-electron chi connectivity index (χ3n) is 5.07. The number of ether oxygens (including phenoxy) is 1. The Balaban J connectivity index is 1.40. The highest BCUT2D eigenvalue weighted by Crippen LogP contribution is 2.20. The van der Waals surface area contributed by atoms with Gasteiger partial charge in [-0.05, 0) is 37.4 Å². The standard InChI is InChI=1S/C19H29N3O2/c1-21(19(23)18-13-20-9-12-24-18)14-17-7-10-22(11-8-17)15-16-5-3-2-4-6-16/h2-6,17-18,20H,7-15H2,1H3/t18-/m0/s1. The molecule has 0 radical (unpaired) electrons. The van der Waals surface area contributed by atoms with Crippen LogP contribution in [0, 0.1) is 5.92 Å². The second kappa shape index (κ2) is 8.60. The van der Waals surface area contributed by atoms with Crippen molar-refractivity contribution in [3.63, 3.8) is 0 Å². The number of morpholine rings is 1. The fourth-order valence-electron chi connectivity index (χ4n) is 3.62. The third-order valence-corrected chi connectivity index (χ3v) is 5.07. The number of nitrogens with one attached hydrogen (secondary N) is 1. The molecule has 2 aliphatic rings. The highest BCUT2D eigenvalue weighted by atomic mass is 16.5. The Morgan fingerprint density at radius 2 is 2.04 bits per heavy atom. The van der Waals surface area contributed by atoms with Crippen LogP contribution in [-0.2, 0) is 16.1 Å². The third kappa shape index (κ3) is 4.79. The minimum absolute atomic E-state index is 0.119. The monoisotopic (exact) mass is 331 g/mol. The average Bonchev–Trinajstić information content (AvgIpc) is 2.64. The Hall–Kier alpha value is -1.43. The van der Waals surface area contributed by atoms with Gasteiger partial charge in [0.25, 0.3) is 5.91 Å². The van der Waals surface area contributed by atoms with E-state index in [1.807, 2.05) is 11.9 Å². The van der Waals surface area contributed by atoms with Crippen molar-refractivity contribution in [2.45, 2.75) is 25.5 Å². The summed E-state index contributed by atoms with van der Waals surface area (Å²) in [5, 5.41) is 3.22. The van der Waals surface area contributed by atoms with Crippen molar-refractivity contribution in [1.29, 1.82) is 0 Å². The van der Waals surface area contributed by atoms with Crippen LogP contribution in [0.25, 0.3) is 0 Å². The zero-order chi connectivity index (χ0) is 16.8. The first-order valence-corrected chi connectivity index (χ1v) is 9.06. The molecule has 1 N–H and O–H groups in total. The molecule has 5 nitrogen and oxygen atoms in total. The van der Waals surface area contributed by atoms with E-state index in [0.717, 1.165) is 45.6 Å². The SMILES string of the molecule is CN(CC1CCN(Cc2ccccc2)CC1)C(=O)[C@@H]1CNCCO1. The van der Waals surface area contributed by atoms with Crippen LogP contribution in [-0.4, -0.2) is 68.2 Å². The molecule has 0 bridgehead atoms. The van der Waals surface area contributed by atoms with Gasteiger partial charge in [-0.3, -0.25) is 9.69 Å². The van der Waals surface area contributed by atoms with Crippen molar-refractivity contribution >= 4 is 5.91 Å². The van der Waals surface area contributed by atoms with Gasteiger partial charge in [-0.15, -0.1) is 0 Å². The predicted molar refractivity (Wildman–Crippen MR) is 94.7 cm³/mol. The molecule has 0 saturated carbocycles. The molecular weight excluding hydrogens is 302 g/mol. The van der Waals surface area contributed by atoms with Gasteiger partial charge in [0.2, 0.25) is 0 Å². The number of hydrogen-bond acceptors (Lipinski definition) is 4. The lowest BCUT2D eigenvalue weighted by Crippen LogP contribution is -2.49. The Morgan fingerprint density at radius 1 is 1.29 bits per heavy atom. The van der Waals surface area contributed by atoms with Crippen LogP contribution >= 0.6 is 0 Å². The first kappa shape index (κ1) is 17.4. The number of benzene rings is 1. The van der Waals surface area contributed by atoms with Crippen molar-refractivity contribution in [3.05, 3.63) is 35.9 Å². The molecule has 2 fully saturated rings. The van der Waals surface area contributed by atoms with Gasteiger partial charge in [0, 0.05) is 33.2 Å². The van der Waals surface area contributed by atoms with E-state index in [-0.39, 0.29) is 12.0 Å². The Morgan fingerprint density at radius 3 is 2.71 bits per heavy atom. The molecule has 2 aliphatic heterocycles. The second-order valence-electron chi connectivity index (χ2n) is 6.99. The smallest absolute Gasteiger partial charge is 0.252 e. The molecule has 5 heteroatoms. The summed E-state index contributed by atoms with van der Waals surface area (Å²) in [6.07, 6.45) is 2.02. The quantitative estimate of drug-likeness (QED) is 0.884. The van der Waals surface area contributed by atoms with E-state index in [4.69, 9.17) is 4.74 Å². The van der Waals surface area contributed by atoms with Gasteiger partial charge in [0.15, 0.2) is 0 Å². The molecule has 0 spiro atoms. The molecule has 2 saturated heterocycles. The first-order chi connectivity index (χ1) is 11.7. The zero-order valence-electron chi connectivity index (χ0n) is 14.6. The number of hydrogen-bond donors (Lipinski definition) is 1. The summed E-state index contributed by atoms with van der Waals surface area (Å²) in [6, 6.07) is 10.7.